The van der Waals surface area contributed by atoms with Gasteiger partial charge in [-0.2, -0.15) is 0 Å². The summed E-state index contributed by atoms with van der Waals surface area (Å²) in [4.78, 5) is 51.5. The van der Waals surface area contributed by atoms with Gasteiger partial charge < -0.3 is 29.3 Å². The van der Waals surface area contributed by atoms with Crippen LogP contribution in [-0.4, -0.2) is 78.1 Å². The summed E-state index contributed by atoms with van der Waals surface area (Å²) in [6.07, 6.45) is -2.00. The van der Waals surface area contributed by atoms with E-state index in [0.717, 1.165) is 6.92 Å². The number of Topliss-reactive ketones (excluding diaryl/α,β-unsaturated/α-hetero) is 1. The number of carboxylic acid groups (broad SMARTS) is 2. The second-order valence-corrected chi connectivity index (χ2v) is 5.90. The number of hydrogen-bond donors (Lipinski definition) is 2. The number of hydrogen-bond acceptors (Lipinski definition) is 8. The van der Waals surface area contributed by atoms with Crippen molar-refractivity contribution in [2.45, 2.75) is 32.3 Å². The van der Waals surface area contributed by atoms with Gasteiger partial charge in [0.1, 0.15) is 12.6 Å². The van der Waals surface area contributed by atoms with Crippen molar-refractivity contribution in [2.75, 3.05) is 27.7 Å². The van der Waals surface area contributed by atoms with Crippen molar-refractivity contribution < 1.29 is 48.5 Å². The van der Waals surface area contributed by atoms with Gasteiger partial charge in [-0.15, -0.1) is 0 Å². The molecule has 138 valence electrons. The number of nitrogens with zero attached hydrogens (tertiary/aromatic N) is 1. The molecule has 0 aromatic heterocycles. The number of ketones is 1. The molecule has 0 aliphatic carbocycles. The Morgan fingerprint density at radius 1 is 1.08 bits per heavy atom. The average molecular weight is 349 g/mol. The van der Waals surface area contributed by atoms with Crippen LogP contribution in [0.15, 0.2) is 0 Å². The molecule has 0 aliphatic heterocycles. The predicted octanol–water partition coefficient (Wildman–Crippen LogP) is -2.30. The monoisotopic (exact) mass is 349 g/mol. The number of aliphatic hydroxyl groups is 1. The Balaban J connectivity index is 0. The fourth-order valence-electron chi connectivity index (χ4n) is 1.40. The fraction of sp³-hybridized carbons (Fsp3) is 0.643. The van der Waals surface area contributed by atoms with Crippen LogP contribution in [-0.2, 0) is 28.7 Å². The lowest BCUT2D eigenvalue weighted by molar-refractivity contribution is -0.873. The lowest BCUT2D eigenvalue weighted by Gasteiger charge is -2.26. The first-order valence-corrected chi connectivity index (χ1v) is 6.90. The van der Waals surface area contributed by atoms with Crippen LogP contribution in [0.25, 0.3) is 0 Å². The van der Waals surface area contributed by atoms with Crippen LogP contribution >= 0.6 is 0 Å². The third-order valence-electron chi connectivity index (χ3n) is 2.19. The zero-order valence-electron chi connectivity index (χ0n) is 14.1. The zero-order chi connectivity index (χ0) is 19.5. The van der Waals surface area contributed by atoms with Crippen LogP contribution < -0.4 is 5.11 Å². The minimum atomic E-state index is -1.31. The van der Waals surface area contributed by atoms with E-state index in [1.54, 1.807) is 0 Å². The fourth-order valence-corrected chi connectivity index (χ4v) is 1.40. The third-order valence-corrected chi connectivity index (χ3v) is 2.19. The molecule has 0 rings (SSSR count). The summed E-state index contributed by atoms with van der Waals surface area (Å²) in [5.74, 6) is -5.62. The first-order valence-electron chi connectivity index (χ1n) is 6.90. The maximum atomic E-state index is 10.7. The number of carbonyl (C=O) groups is 5. The molecule has 0 aromatic carbocycles. The van der Waals surface area contributed by atoms with E-state index in [9.17, 15) is 29.1 Å². The minimum Gasteiger partial charge on any atom is -0.550 e. The van der Waals surface area contributed by atoms with E-state index in [1.165, 1.54) is 0 Å². The van der Waals surface area contributed by atoms with Gasteiger partial charge in [-0.05, 0) is 0 Å². The maximum Gasteiger partial charge on any atom is 0.382 e. The predicted molar refractivity (Wildman–Crippen MR) is 77.2 cm³/mol. The SMILES string of the molecule is CC(=O)OC(=O)C(=O)CCC(=O)O.C[N+](C)(C)C[C@H](O)CC(=O)[O-]. The number of likely N-dealkylation sites (N-methyl/N-ethyl adjacent to an activating group) is 1. The van der Waals surface area contributed by atoms with Gasteiger partial charge in [0, 0.05) is 25.7 Å². The number of ether oxygens (including phenoxy) is 1. The summed E-state index contributed by atoms with van der Waals surface area (Å²) in [5, 5.41) is 27.3. The lowest BCUT2D eigenvalue weighted by atomic mass is 10.2. The Morgan fingerprint density at radius 3 is 1.92 bits per heavy atom. The number of aliphatic hydroxyl groups excluding tert-OH is 1. The summed E-state index contributed by atoms with van der Waals surface area (Å²) in [6, 6.07) is 0. The maximum absolute atomic E-state index is 10.7. The van der Waals surface area contributed by atoms with Crippen LogP contribution in [0.4, 0.5) is 0 Å². The van der Waals surface area contributed by atoms with Gasteiger partial charge in [0.05, 0.1) is 27.6 Å². The number of carbonyl (C=O) groups excluding carboxylic acids is 4. The van der Waals surface area contributed by atoms with Gasteiger partial charge in [-0.3, -0.25) is 14.4 Å². The molecule has 0 unspecified atom stereocenters. The standard InChI is InChI=1S/C7H15NO3.C7H8O6/c1-8(2,3)5-6(9)4-7(10)11;1-4(8)13-7(12)5(9)2-3-6(10)11/h6,9H,4-5H2,1-3H3;2-3H2,1H3,(H,10,11)/t6-;/m1./s1. The van der Waals surface area contributed by atoms with Crippen LogP contribution in [0.3, 0.4) is 0 Å². The Kier molecular flexibility index (Phi) is 11.2. The molecule has 0 saturated heterocycles. The van der Waals surface area contributed by atoms with Gasteiger partial charge in [0.2, 0.25) is 5.78 Å². The largest absolute Gasteiger partial charge is 0.550 e. The molecule has 0 aromatic rings. The average Bonchev–Trinajstić information content (AvgIpc) is 2.32. The van der Waals surface area contributed by atoms with Gasteiger partial charge in [0.25, 0.3) is 0 Å². The summed E-state index contributed by atoms with van der Waals surface area (Å²) in [5.41, 5.74) is 0. The van der Waals surface area contributed by atoms with E-state index in [1.807, 2.05) is 21.1 Å². The number of carboxylic acids is 2. The number of quaternary nitrogens is 1. The van der Waals surface area contributed by atoms with Crippen molar-refractivity contribution in [3.8, 4) is 0 Å². The molecule has 0 fully saturated rings. The minimum absolute atomic E-state index is 0.282. The Hall–Kier alpha value is -2.33. The highest BCUT2D eigenvalue weighted by molar-refractivity contribution is 6.35. The molecule has 0 bridgehead atoms. The molecule has 0 amide bonds. The molecular weight excluding hydrogens is 326 g/mol. The lowest BCUT2D eigenvalue weighted by Crippen LogP contribution is -2.43. The molecule has 0 spiro atoms. The van der Waals surface area contributed by atoms with Crippen LogP contribution in [0.1, 0.15) is 26.2 Å². The van der Waals surface area contributed by atoms with Gasteiger partial charge in [0.15, 0.2) is 0 Å². The van der Waals surface area contributed by atoms with Crippen molar-refractivity contribution in [3.63, 3.8) is 0 Å². The quantitative estimate of drug-likeness (QED) is 0.213. The molecule has 2 N–H and O–H groups in total. The molecule has 24 heavy (non-hydrogen) atoms. The van der Waals surface area contributed by atoms with E-state index in [4.69, 9.17) is 10.2 Å². The molecule has 10 heteroatoms. The zero-order valence-corrected chi connectivity index (χ0v) is 14.1. The Bertz CT molecular complexity index is 479. The molecular formula is C14H23NO9. The smallest absolute Gasteiger partial charge is 0.382 e. The third kappa shape index (κ3) is 17.7. The van der Waals surface area contributed by atoms with Crippen LogP contribution in [0.2, 0.25) is 0 Å². The molecule has 1 atom stereocenters. The van der Waals surface area contributed by atoms with Crippen molar-refractivity contribution in [2.24, 2.45) is 0 Å². The van der Waals surface area contributed by atoms with E-state index >= 15 is 0 Å². The summed E-state index contributed by atoms with van der Waals surface area (Å²) >= 11 is 0. The number of esters is 2. The molecule has 0 aliphatic rings. The highest BCUT2D eigenvalue weighted by atomic mass is 16.6. The second kappa shape index (κ2) is 11.2. The van der Waals surface area contributed by atoms with Crippen LogP contribution in [0, 0.1) is 0 Å². The number of rotatable bonds is 8. The normalized spacial score (nSPS) is 11.5. The summed E-state index contributed by atoms with van der Waals surface area (Å²) in [6.45, 7) is 1.40. The van der Waals surface area contributed by atoms with E-state index < -0.39 is 48.6 Å². The van der Waals surface area contributed by atoms with E-state index in [-0.39, 0.29) is 6.42 Å². The summed E-state index contributed by atoms with van der Waals surface area (Å²) < 4.78 is 4.47. The van der Waals surface area contributed by atoms with Crippen LogP contribution in [0.5, 0.6) is 0 Å². The first kappa shape index (κ1) is 23.9. The first-order chi connectivity index (χ1) is 10.7. The molecule has 0 saturated carbocycles. The van der Waals surface area contributed by atoms with Crippen molar-refractivity contribution in [1.82, 2.24) is 0 Å². The molecule has 0 heterocycles. The van der Waals surface area contributed by atoms with Gasteiger partial charge in [-0.25, -0.2) is 4.79 Å². The molecule has 0 radical (unpaired) electrons. The summed E-state index contributed by atoms with van der Waals surface area (Å²) in [7, 11) is 5.66. The van der Waals surface area contributed by atoms with E-state index in [0.29, 0.717) is 11.0 Å². The second-order valence-electron chi connectivity index (χ2n) is 5.90. The van der Waals surface area contributed by atoms with Gasteiger partial charge >= 0.3 is 17.9 Å². The van der Waals surface area contributed by atoms with E-state index in [2.05, 4.69) is 4.74 Å². The van der Waals surface area contributed by atoms with Crippen molar-refractivity contribution in [3.05, 3.63) is 0 Å². The topological polar surface area (TPSA) is 158 Å². The molecule has 10 nitrogen and oxygen atoms in total. The number of aliphatic carboxylic acids is 2. The Morgan fingerprint density at radius 2 is 1.58 bits per heavy atom. The van der Waals surface area contributed by atoms with Crippen molar-refractivity contribution in [1.29, 1.82) is 0 Å². The van der Waals surface area contributed by atoms with Gasteiger partial charge in [-0.1, -0.05) is 0 Å². The highest BCUT2D eigenvalue weighted by Gasteiger charge is 2.18. The highest BCUT2D eigenvalue weighted by Crippen LogP contribution is 1.97. The Labute approximate surface area is 139 Å². The van der Waals surface area contributed by atoms with Crippen molar-refractivity contribution >= 4 is 29.7 Å².